The Hall–Kier alpha value is -2.26. The summed E-state index contributed by atoms with van der Waals surface area (Å²) in [5, 5.41) is 2.36. The molecule has 0 amide bonds. The number of nitrogen functional groups attached to an aromatic ring is 1. The van der Waals surface area contributed by atoms with Gasteiger partial charge in [0, 0.05) is 22.7 Å². The van der Waals surface area contributed by atoms with Crippen LogP contribution < -0.4 is 10.5 Å². The van der Waals surface area contributed by atoms with Gasteiger partial charge in [-0.1, -0.05) is 35.9 Å². The van der Waals surface area contributed by atoms with Crippen molar-refractivity contribution in [1.82, 2.24) is 4.98 Å². The van der Waals surface area contributed by atoms with Crippen molar-refractivity contribution in [2.45, 2.75) is 0 Å². The minimum atomic E-state index is 0.388. The van der Waals surface area contributed by atoms with Crippen molar-refractivity contribution in [3.8, 4) is 11.6 Å². The zero-order valence-corrected chi connectivity index (χ0v) is 10.8. The van der Waals surface area contributed by atoms with E-state index < -0.39 is 0 Å². The molecule has 0 radical (unpaired) electrons. The first-order chi connectivity index (χ1) is 9.25. The molecule has 1 heterocycles. The highest BCUT2D eigenvalue weighted by atomic mass is 35.5. The molecule has 19 heavy (non-hydrogen) atoms. The second kappa shape index (κ2) is 4.78. The van der Waals surface area contributed by atoms with Crippen molar-refractivity contribution >= 4 is 28.1 Å². The predicted molar refractivity (Wildman–Crippen MR) is 77.7 cm³/mol. The van der Waals surface area contributed by atoms with Gasteiger partial charge in [0.1, 0.15) is 10.8 Å². The fraction of sp³-hybridized carbons (Fsp3) is 0. The Bertz CT molecular complexity index is 743. The maximum Gasteiger partial charge on any atom is 0.238 e. The van der Waals surface area contributed by atoms with E-state index in [2.05, 4.69) is 4.98 Å². The summed E-state index contributed by atoms with van der Waals surface area (Å²) in [6.45, 7) is 0. The van der Waals surface area contributed by atoms with Gasteiger partial charge in [-0.3, -0.25) is 0 Å². The van der Waals surface area contributed by atoms with Crippen LogP contribution in [0.15, 0.2) is 54.7 Å². The molecule has 4 heteroatoms. The number of nitrogens with zero attached hydrogens (tertiary/aromatic N) is 1. The summed E-state index contributed by atoms with van der Waals surface area (Å²) in [5.41, 5.74) is 6.67. The van der Waals surface area contributed by atoms with Crippen LogP contribution in [0.5, 0.6) is 11.6 Å². The average Bonchev–Trinajstić information content (AvgIpc) is 2.44. The number of ether oxygens (including phenoxy) is 1. The summed E-state index contributed by atoms with van der Waals surface area (Å²) in [5.74, 6) is 1.07. The molecule has 0 atom stereocenters. The molecule has 0 saturated carbocycles. The number of fused-ring (bicyclic) bond motifs is 1. The average molecular weight is 271 g/mol. The number of nitrogens with two attached hydrogens (primary N) is 1. The molecule has 3 aromatic rings. The molecule has 2 N–H and O–H groups in total. The Morgan fingerprint density at radius 1 is 0.947 bits per heavy atom. The van der Waals surface area contributed by atoms with Gasteiger partial charge in [0.25, 0.3) is 0 Å². The molecule has 0 fully saturated rings. The zero-order valence-electron chi connectivity index (χ0n) is 10.0. The van der Waals surface area contributed by atoms with Gasteiger partial charge < -0.3 is 10.5 Å². The number of benzene rings is 2. The van der Waals surface area contributed by atoms with Crippen LogP contribution in [-0.4, -0.2) is 4.98 Å². The lowest BCUT2D eigenvalue weighted by Crippen LogP contribution is -1.92. The molecule has 0 unspecified atom stereocenters. The molecule has 0 aliphatic carbocycles. The van der Waals surface area contributed by atoms with Crippen LogP contribution >= 0.6 is 11.6 Å². The molecular weight excluding hydrogens is 260 g/mol. The molecular formula is C15H11ClN2O. The number of pyridine rings is 1. The number of hydrogen-bond acceptors (Lipinski definition) is 3. The summed E-state index contributed by atoms with van der Waals surface area (Å²) < 4.78 is 5.78. The van der Waals surface area contributed by atoms with E-state index in [1.54, 1.807) is 18.3 Å². The largest absolute Gasteiger partial charge is 0.437 e. The zero-order chi connectivity index (χ0) is 13.2. The van der Waals surface area contributed by atoms with Crippen molar-refractivity contribution < 1.29 is 4.74 Å². The van der Waals surface area contributed by atoms with Gasteiger partial charge in [0.15, 0.2) is 0 Å². The van der Waals surface area contributed by atoms with E-state index >= 15 is 0 Å². The maximum absolute atomic E-state index is 6.04. The third-order valence-electron chi connectivity index (χ3n) is 2.85. The lowest BCUT2D eigenvalue weighted by Gasteiger charge is -2.10. The topological polar surface area (TPSA) is 48.1 Å². The first-order valence-corrected chi connectivity index (χ1v) is 6.19. The van der Waals surface area contributed by atoms with Crippen molar-refractivity contribution in [2.75, 3.05) is 5.73 Å². The predicted octanol–water partition coefficient (Wildman–Crippen LogP) is 4.26. The van der Waals surface area contributed by atoms with Crippen molar-refractivity contribution in [2.24, 2.45) is 0 Å². The van der Waals surface area contributed by atoms with E-state index in [1.165, 1.54) is 0 Å². The first-order valence-electron chi connectivity index (χ1n) is 5.81. The second-order valence-corrected chi connectivity index (χ2v) is 4.50. The Morgan fingerprint density at radius 3 is 2.53 bits per heavy atom. The number of anilines is 1. The molecule has 0 aliphatic rings. The van der Waals surface area contributed by atoms with Crippen molar-refractivity contribution in [1.29, 1.82) is 0 Å². The Kier molecular flexibility index (Phi) is 2.97. The normalized spacial score (nSPS) is 10.6. The lowest BCUT2D eigenvalue weighted by atomic mass is 10.1. The molecule has 3 nitrogen and oxygen atoms in total. The molecule has 0 spiro atoms. The number of halogens is 1. The molecule has 0 aliphatic heterocycles. The molecule has 1 aromatic heterocycles. The summed E-state index contributed by atoms with van der Waals surface area (Å²) in [6.07, 6.45) is 1.64. The second-order valence-electron chi connectivity index (χ2n) is 4.09. The summed E-state index contributed by atoms with van der Waals surface area (Å²) >= 11 is 6.04. The van der Waals surface area contributed by atoms with Crippen LogP contribution in [0.4, 0.5) is 5.69 Å². The highest BCUT2D eigenvalue weighted by molar-refractivity contribution is 6.31. The third kappa shape index (κ3) is 2.20. The number of hydrogen-bond donors (Lipinski definition) is 1. The fourth-order valence-electron chi connectivity index (χ4n) is 1.93. The van der Waals surface area contributed by atoms with E-state index in [9.17, 15) is 0 Å². The first kappa shape index (κ1) is 11.8. The number of rotatable bonds is 2. The minimum absolute atomic E-state index is 0.388. The van der Waals surface area contributed by atoms with Crippen molar-refractivity contribution in [3.63, 3.8) is 0 Å². The van der Waals surface area contributed by atoms with Crippen LogP contribution in [0.3, 0.4) is 0 Å². The Labute approximate surface area is 115 Å². The van der Waals surface area contributed by atoms with Crippen LogP contribution in [0.2, 0.25) is 5.02 Å². The highest BCUT2D eigenvalue weighted by Gasteiger charge is 2.08. The quantitative estimate of drug-likeness (QED) is 0.708. The van der Waals surface area contributed by atoms with E-state index in [4.69, 9.17) is 22.1 Å². The van der Waals surface area contributed by atoms with Gasteiger partial charge in [0.2, 0.25) is 5.88 Å². The van der Waals surface area contributed by atoms with Gasteiger partial charge in [-0.15, -0.1) is 0 Å². The third-order valence-corrected chi connectivity index (χ3v) is 3.14. The highest BCUT2D eigenvalue weighted by Crippen LogP contribution is 2.34. The SMILES string of the molecule is Nc1ccc(Oc2ncccc2Cl)c2ccccc12. The van der Waals surface area contributed by atoms with Gasteiger partial charge in [-0.2, -0.15) is 0 Å². The smallest absolute Gasteiger partial charge is 0.238 e. The Morgan fingerprint density at radius 2 is 1.74 bits per heavy atom. The van der Waals surface area contributed by atoms with Crippen LogP contribution in [-0.2, 0) is 0 Å². The van der Waals surface area contributed by atoms with E-state index in [-0.39, 0.29) is 0 Å². The van der Waals surface area contributed by atoms with E-state index in [0.29, 0.717) is 16.7 Å². The summed E-state index contributed by atoms with van der Waals surface area (Å²) in [6, 6.07) is 14.9. The van der Waals surface area contributed by atoms with E-state index in [0.717, 1.165) is 16.5 Å². The van der Waals surface area contributed by atoms with Crippen LogP contribution in [0.25, 0.3) is 10.8 Å². The fourth-order valence-corrected chi connectivity index (χ4v) is 2.09. The Balaban J connectivity index is 2.12. The van der Waals surface area contributed by atoms with Gasteiger partial charge in [0.05, 0.1) is 0 Å². The van der Waals surface area contributed by atoms with Gasteiger partial charge >= 0.3 is 0 Å². The van der Waals surface area contributed by atoms with Gasteiger partial charge in [-0.05, 0) is 24.3 Å². The lowest BCUT2D eigenvalue weighted by molar-refractivity contribution is 0.468. The van der Waals surface area contributed by atoms with E-state index in [1.807, 2.05) is 36.4 Å². The summed E-state index contributed by atoms with van der Waals surface area (Å²) in [4.78, 5) is 4.12. The minimum Gasteiger partial charge on any atom is -0.437 e. The van der Waals surface area contributed by atoms with Crippen LogP contribution in [0, 0.1) is 0 Å². The molecule has 0 saturated heterocycles. The monoisotopic (exact) mass is 270 g/mol. The van der Waals surface area contributed by atoms with Crippen LogP contribution in [0.1, 0.15) is 0 Å². The molecule has 3 rings (SSSR count). The molecule has 0 bridgehead atoms. The van der Waals surface area contributed by atoms with Crippen molar-refractivity contribution in [3.05, 3.63) is 59.8 Å². The molecule has 2 aromatic carbocycles. The summed E-state index contributed by atoms with van der Waals surface area (Å²) in [7, 11) is 0. The number of aromatic nitrogens is 1. The standard InChI is InChI=1S/C15H11ClN2O/c16-12-6-3-9-18-15(12)19-14-8-7-13(17)10-4-1-2-5-11(10)14/h1-9H,17H2. The van der Waals surface area contributed by atoms with Gasteiger partial charge in [-0.25, -0.2) is 4.98 Å². The molecule has 94 valence electrons. The maximum atomic E-state index is 6.04.